The van der Waals surface area contributed by atoms with Gasteiger partial charge in [0.1, 0.15) is 0 Å². The first-order valence-electron chi connectivity index (χ1n) is 4.33. The third-order valence-electron chi connectivity index (χ3n) is 1.74. The van der Waals surface area contributed by atoms with E-state index < -0.39 is 5.97 Å². The second-order valence-electron chi connectivity index (χ2n) is 2.85. The molecule has 15 heavy (non-hydrogen) atoms. The van der Waals surface area contributed by atoms with Crippen LogP contribution in [0.15, 0.2) is 18.2 Å². The zero-order valence-corrected chi connectivity index (χ0v) is 9.54. The number of carboxylic acid groups (broad SMARTS) is 1. The van der Waals surface area contributed by atoms with Crippen molar-refractivity contribution >= 4 is 27.6 Å². The van der Waals surface area contributed by atoms with E-state index in [1.807, 2.05) is 0 Å². The van der Waals surface area contributed by atoms with Gasteiger partial charge in [0.05, 0.1) is 5.56 Å². The lowest BCUT2D eigenvalue weighted by Crippen LogP contribution is -2.02. The van der Waals surface area contributed by atoms with Crippen molar-refractivity contribution in [1.82, 2.24) is 0 Å². The molecule has 4 heteroatoms. The number of benzene rings is 1. The average molecular weight is 268 g/mol. The van der Waals surface area contributed by atoms with E-state index in [-0.39, 0.29) is 11.3 Å². The molecule has 0 heterocycles. The van der Waals surface area contributed by atoms with Crippen LogP contribution in [-0.2, 0) is 0 Å². The first-order chi connectivity index (χ1) is 7.15. The van der Waals surface area contributed by atoms with E-state index in [9.17, 15) is 4.79 Å². The molecule has 1 rings (SSSR count). The van der Waals surface area contributed by atoms with Crippen LogP contribution in [0.4, 0.5) is 5.69 Å². The minimum Gasteiger partial charge on any atom is -0.478 e. The average Bonchev–Trinajstić information content (AvgIpc) is 2.20. The molecule has 0 saturated heterocycles. The number of nitrogen functional groups attached to an aromatic ring is 1. The summed E-state index contributed by atoms with van der Waals surface area (Å²) in [6, 6.07) is 4.75. The topological polar surface area (TPSA) is 63.3 Å². The molecule has 0 radical (unpaired) electrons. The van der Waals surface area contributed by atoms with Gasteiger partial charge in [-0.05, 0) is 18.2 Å². The highest BCUT2D eigenvalue weighted by molar-refractivity contribution is 9.09. The van der Waals surface area contributed by atoms with Crippen LogP contribution in [0.1, 0.15) is 22.3 Å². The Labute approximate surface area is 96.4 Å². The summed E-state index contributed by atoms with van der Waals surface area (Å²) in [6.45, 7) is 0. The van der Waals surface area contributed by atoms with Crippen molar-refractivity contribution in [2.24, 2.45) is 0 Å². The Hall–Kier alpha value is -1.47. The first-order valence-corrected chi connectivity index (χ1v) is 5.45. The second kappa shape index (κ2) is 5.42. The van der Waals surface area contributed by atoms with Crippen molar-refractivity contribution in [1.29, 1.82) is 0 Å². The largest absolute Gasteiger partial charge is 0.478 e. The maximum atomic E-state index is 10.8. The molecule has 0 aliphatic carbocycles. The number of aromatic carboxylic acids is 1. The molecular weight excluding hydrogens is 258 g/mol. The van der Waals surface area contributed by atoms with Crippen molar-refractivity contribution in [2.45, 2.75) is 6.42 Å². The summed E-state index contributed by atoms with van der Waals surface area (Å²) in [5, 5.41) is 9.63. The van der Waals surface area contributed by atoms with Gasteiger partial charge in [-0.25, -0.2) is 4.79 Å². The minimum atomic E-state index is -1.03. The number of nitrogens with two attached hydrogens (primary N) is 1. The van der Waals surface area contributed by atoms with Gasteiger partial charge in [-0.1, -0.05) is 27.8 Å². The van der Waals surface area contributed by atoms with Crippen LogP contribution in [0.5, 0.6) is 0 Å². The number of carboxylic acids is 1. The normalized spacial score (nSPS) is 9.13. The maximum absolute atomic E-state index is 10.8. The summed E-state index contributed by atoms with van der Waals surface area (Å²) in [4.78, 5) is 10.8. The summed E-state index contributed by atoms with van der Waals surface area (Å²) < 4.78 is 0. The van der Waals surface area contributed by atoms with Gasteiger partial charge in [-0.15, -0.1) is 0 Å². The van der Waals surface area contributed by atoms with Crippen molar-refractivity contribution in [3.63, 3.8) is 0 Å². The van der Waals surface area contributed by atoms with Crippen LogP contribution in [-0.4, -0.2) is 16.4 Å². The molecule has 0 bridgehead atoms. The van der Waals surface area contributed by atoms with E-state index in [2.05, 4.69) is 27.8 Å². The number of carbonyl (C=O) groups is 1. The Balaban J connectivity index is 2.99. The molecule has 0 spiro atoms. The van der Waals surface area contributed by atoms with Gasteiger partial charge in [0.15, 0.2) is 0 Å². The molecule has 0 unspecified atom stereocenters. The number of rotatable bonds is 2. The van der Waals surface area contributed by atoms with Gasteiger partial charge >= 0.3 is 5.97 Å². The van der Waals surface area contributed by atoms with Crippen LogP contribution in [0, 0.1) is 11.8 Å². The SMILES string of the molecule is Nc1ccc(C#CCCBr)cc1C(=O)O. The molecule has 0 fully saturated rings. The summed E-state index contributed by atoms with van der Waals surface area (Å²) >= 11 is 3.26. The van der Waals surface area contributed by atoms with E-state index in [1.165, 1.54) is 6.07 Å². The highest BCUT2D eigenvalue weighted by Crippen LogP contribution is 2.13. The Morgan fingerprint density at radius 3 is 2.87 bits per heavy atom. The first kappa shape index (κ1) is 11.6. The number of alkyl halides is 1. The lowest BCUT2D eigenvalue weighted by atomic mass is 10.1. The zero-order chi connectivity index (χ0) is 11.3. The standard InChI is InChI=1S/C11H10BrNO2/c12-6-2-1-3-8-4-5-10(13)9(7-8)11(14)15/h4-5,7H,2,6,13H2,(H,14,15). The number of hydrogen-bond donors (Lipinski definition) is 2. The van der Waals surface area contributed by atoms with E-state index in [0.29, 0.717) is 5.56 Å². The van der Waals surface area contributed by atoms with E-state index >= 15 is 0 Å². The predicted octanol–water partition coefficient (Wildman–Crippen LogP) is 2.10. The van der Waals surface area contributed by atoms with E-state index in [1.54, 1.807) is 12.1 Å². The van der Waals surface area contributed by atoms with Gasteiger partial charge in [0.2, 0.25) is 0 Å². The fraction of sp³-hybridized carbons (Fsp3) is 0.182. The third-order valence-corrected chi connectivity index (χ3v) is 2.13. The Morgan fingerprint density at radius 2 is 2.27 bits per heavy atom. The lowest BCUT2D eigenvalue weighted by Gasteiger charge is -2.00. The molecule has 78 valence electrons. The molecule has 0 aromatic heterocycles. The van der Waals surface area contributed by atoms with Gasteiger partial charge in [-0.3, -0.25) is 0 Å². The molecule has 0 amide bonds. The fourth-order valence-electron chi connectivity index (χ4n) is 1.03. The number of anilines is 1. The van der Waals surface area contributed by atoms with Crippen LogP contribution in [0.3, 0.4) is 0 Å². The van der Waals surface area contributed by atoms with Crippen LogP contribution >= 0.6 is 15.9 Å². The van der Waals surface area contributed by atoms with Gasteiger partial charge in [0, 0.05) is 23.0 Å². The van der Waals surface area contributed by atoms with Crippen molar-refractivity contribution in [3.8, 4) is 11.8 Å². The molecule has 1 aromatic rings. The minimum absolute atomic E-state index is 0.0978. The molecule has 3 N–H and O–H groups in total. The number of halogens is 1. The predicted molar refractivity (Wildman–Crippen MR) is 63.1 cm³/mol. The summed E-state index contributed by atoms with van der Waals surface area (Å²) in [5.41, 5.74) is 6.53. The third kappa shape index (κ3) is 3.30. The quantitative estimate of drug-likeness (QED) is 0.490. The highest BCUT2D eigenvalue weighted by atomic mass is 79.9. The Kier molecular flexibility index (Phi) is 4.19. The fourth-order valence-corrected chi connectivity index (χ4v) is 1.23. The van der Waals surface area contributed by atoms with Crippen molar-refractivity contribution < 1.29 is 9.90 Å². The van der Waals surface area contributed by atoms with Crippen LogP contribution < -0.4 is 5.73 Å². The van der Waals surface area contributed by atoms with Crippen LogP contribution in [0.25, 0.3) is 0 Å². The molecule has 1 aromatic carbocycles. The molecule has 0 atom stereocenters. The molecule has 0 aliphatic rings. The molecule has 0 saturated carbocycles. The van der Waals surface area contributed by atoms with E-state index in [0.717, 1.165) is 11.8 Å². The van der Waals surface area contributed by atoms with Gasteiger partial charge in [-0.2, -0.15) is 0 Å². The zero-order valence-electron chi connectivity index (χ0n) is 7.96. The second-order valence-corrected chi connectivity index (χ2v) is 3.64. The monoisotopic (exact) mass is 267 g/mol. The summed E-state index contributed by atoms with van der Waals surface area (Å²) in [7, 11) is 0. The number of hydrogen-bond acceptors (Lipinski definition) is 2. The molecular formula is C11H10BrNO2. The molecule has 3 nitrogen and oxygen atoms in total. The summed E-state index contributed by atoms with van der Waals surface area (Å²) in [5.74, 6) is 4.74. The maximum Gasteiger partial charge on any atom is 0.337 e. The van der Waals surface area contributed by atoms with Crippen molar-refractivity contribution in [2.75, 3.05) is 11.1 Å². The lowest BCUT2D eigenvalue weighted by molar-refractivity contribution is 0.0698. The van der Waals surface area contributed by atoms with Gasteiger partial charge < -0.3 is 10.8 Å². The van der Waals surface area contributed by atoms with Gasteiger partial charge in [0.25, 0.3) is 0 Å². The summed E-state index contributed by atoms with van der Waals surface area (Å²) in [6.07, 6.45) is 0.729. The highest BCUT2D eigenvalue weighted by Gasteiger charge is 2.07. The van der Waals surface area contributed by atoms with Crippen LogP contribution in [0.2, 0.25) is 0 Å². The molecule has 0 aliphatic heterocycles. The Morgan fingerprint density at radius 1 is 1.53 bits per heavy atom. The Bertz CT molecular complexity index is 432. The smallest absolute Gasteiger partial charge is 0.337 e. The van der Waals surface area contributed by atoms with E-state index in [4.69, 9.17) is 10.8 Å². The van der Waals surface area contributed by atoms with Crippen molar-refractivity contribution in [3.05, 3.63) is 29.3 Å².